The number of hydrogen-bond donors (Lipinski definition) is 1. The van der Waals surface area contributed by atoms with Gasteiger partial charge in [0.05, 0.1) is 17.5 Å². The maximum absolute atomic E-state index is 13.1. The number of aromatic amines is 1. The molecule has 1 amide bonds. The van der Waals surface area contributed by atoms with Crippen molar-refractivity contribution >= 4 is 5.91 Å². The number of benzene rings is 2. The number of hydrogen-bond acceptors (Lipinski definition) is 2. The second-order valence-corrected chi connectivity index (χ2v) is 6.31. The van der Waals surface area contributed by atoms with E-state index < -0.39 is 0 Å². The van der Waals surface area contributed by atoms with Crippen LogP contribution in [0.4, 0.5) is 4.39 Å². The van der Waals surface area contributed by atoms with Crippen LogP contribution in [0, 0.1) is 5.82 Å². The van der Waals surface area contributed by atoms with Crippen molar-refractivity contribution in [2.75, 3.05) is 13.1 Å². The molecule has 0 bridgehead atoms. The predicted octanol–water partition coefficient (Wildman–Crippen LogP) is 3.85. The summed E-state index contributed by atoms with van der Waals surface area (Å²) in [7, 11) is 0. The van der Waals surface area contributed by atoms with Gasteiger partial charge in [-0.25, -0.2) is 4.39 Å². The fourth-order valence-electron chi connectivity index (χ4n) is 3.40. The first-order valence-corrected chi connectivity index (χ1v) is 8.36. The van der Waals surface area contributed by atoms with Crippen LogP contribution in [0.5, 0.6) is 0 Å². The number of likely N-dealkylation sites (tertiary alicyclic amines) is 1. The molecule has 1 unspecified atom stereocenters. The number of nitrogens with one attached hydrogen (secondary N) is 1. The molecule has 4 nitrogen and oxygen atoms in total. The van der Waals surface area contributed by atoms with E-state index in [-0.39, 0.29) is 17.6 Å². The Labute approximate surface area is 145 Å². The smallest absolute Gasteiger partial charge is 0.257 e. The van der Waals surface area contributed by atoms with E-state index in [1.807, 2.05) is 35.2 Å². The van der Waals surface area contributed by atoms with Crippen LogP contribution in [0.2, 0.25) is 0 Å². The van der Waals surface area contributed by atoms with E-state index in [0.717, 1.165) is 23.2 Å². The summed E-state index contributed by atoms with van der Waals surface area (Å²) in [5.74, 6) is -0.00517. The lowest BCUT2D eigenvalue weighted by Crippen LogP contribution is -2.28. The average Bonchev–Trinajstić information content (AvgIpc) is 3.32. The Hall–Kier alpha value is -2.95. The highest BCUT2D eigenvalue weighted by molar-refractivity contribution is 5.99. The molecule has 0 radical (unpaired) electrons. The zero-order chi connectivity index (χ0) is 17.2. The first-order chi connectivity index (χ1) is 12.2. The van der Waals surface area contributed by atoms with Crippen LogP contribution >= 0.6 is 0 Å². The summed E-state index contributed by atoms with van der Waals surface area (Å²) >= 11 is 0. The highest BCUT2D eigenvalue weighted by Gasteiger charge is 2.29. The van der Waals surface area contributed by atoms with Crippen molar-refractivity contribution in [3.63, 3.8) is 0 Å². The van der Waals surface area contributed by atoms with Crippen LogP contribution in [0.1, 0.15) is 28.3 Å². The molecular weight excluding hydrogens is 317 g/mol. The SMILES string of the molecule is O=C(c1cn[nH]c1-c1ccccc1)N1CCC(c2ccc(F)cc2)C1. The van der Waals surface area contributed by atoms with Crippen molar-refractivity contribution in [2.45, 2.75) is 12.3 Å². The molecule has 0 aliphatic carbocycles. The zero-order valence-corrected chi connectivity index (χ0v) is 13.7. The topological polar surface area (TPSA) is 49.0 Å². The van der Waals surface area contributed by atoms with Gasteiger partial charge in [0.1, 0.15) is 5.82 Å². The Morgan fingerprint density at radius 2 is 1.88 bits per heavy atom. The van der Waals surface area contributed by atoms with Gasteiger partial charge in [0.15, 0.2) is 0 Å². The van der Waals surface area contributed by atoms with E-state index in [0.29, 0.717) is 18.7 Å². The number of nitrogens with zero attached hydrogens (tertiary/aromatic N) is 2. The minimum absolute atomic E-state index is 0.0165. The van der Waals surface area contributed by atoms with Crippen LogP contribution in [0.25, 0.3) is 11.3 Å². The van der Waals surface area contributed by atoms with Crippen molar-refractivity contribution in [3.8, 4) is 11.3 Å². The molecule has 5 heteroatoms. The third-order valence-corrected chi connectivity index (χ3v) is 4.75. The number of rotatable bonds is 3. The normalized spacial score (nSPS) is 17.0. The molecule has 2 aromatic carbocycles. The summed E-state index contributed by atoms with van der Waals surface area (Å²) in [4.78, 5) is 14.8. The van der Waals surface area contributed by atoms with Crippen LogP contribution in [-0.4, -0.2) is 34.1 Å². The third-order valence-electron chi connectivity index (χ3n) is 4.75. The molecule has 25 heavy (non-hydrogen) atoms. The van der Waals surface area contributed by atoms with Gasteiger partial charge in [-0.3, -0.25) is 9.89 Å². The third kappa shape index (κ3) is 3.05. The van der Waals surface area contributed by atoms with Crippen LogP contribution in [0.15, 0.2) is 60.8 Å². The Balaban J connectivity index is 1.53. The summed E-state index contributed by atoms with van der Waals surface area (Å²) in [5.41, 5.74) is 3.35. The summed E-state index contributed by atoms with van der Waals surface area (Å²) in [5, 5.41) is 7.00. The van der Waals surface area contributed by atoms with E-state index in [1.54, 1.807) is 18.3 Å². The minimum Gasteiger partial charge on any atom is -0.338 e. The second kappa shape index (κ2) is 6.51. The molecule has 3 aromatic rings. The van der Waals surface area contributed by atoms with E-state index in [9.17, 15) is 9.18 Å². The molecular formula is C20H18FN3O. The van der Waals surface area contributed by atoms with E-state index in [4.69, 9.17) is 0 Å². The van der Waals surface area contributed by atoms with Gasteiger partial charge < -0.3 is 4.90 Å². The molecule has 1 aliphatic heterocycles. The van der Waals surface area contributed by atoms with Crippen molar-refractivity contribution in [1.29, 1.82) is 0 Å². The fourth-order valence-corrected chi connectivity index (χ4v) is 3.40. The molecule has 1 aromatic heterocycles. The second-order valence-electron chi connectivity index (χ2n) is 6.31. The summed E-state index contributed by atoms with van der Waals surface area (Å²) < 4.78 is 13.1. The lowest BCUT2D eigenvalue weighted by Gasteiger charge is -2.17. The maximum Gasteiger partial charge on any atom is 0.257 e. The largest absolute Gasteiger partial charge is 0.338 e. The minimum atomic E-state index is -0.236. The Morgan fingerprint density at radius 3 is 2.64 bits per heavy atom. The quantitative estimate of drug-likeness (QED) is 0.790. The van der Waals surface area contributed by atoms with Gasteiger partial charge in [-0.05, 0) is 24.1 Å². The van der Waals surface area contributed by atoms with Gasteiger partial charge in [-0.1, -0.05) is 42.5 Å². The summed E-state index contributed by atoms with van der Waals surface area (Å²) in [6.07, 6.45) is 2.48. The lowest BCUT2D eigenvalue weighted by molar-refractivity contribution is 0.0791. The molecule has 1 N–H and O–H groups in total. The first kappa shape index (κ1) is 15.6. The maximum atomic E-state index is 13.1. The number of carbonyl (C=O) groups excluding carboxylic acids is 1. The van der Waals surface area contributed by atoms with Gasteiger partial charge in [-0.15, -0.1) is 0 Å². The van der Waals surface area contributed by atoms with Gasteiger partial charge in [0.25, 0.3) is 5.91 Å². The molecule has 4 rings (SSSR count). The van der Waals surface area contributed by atoms with Crippen molar-refractivity contribution in [3.05, 3.63) is 77.7 Å². The van der Waals surface area contributed by atoms with Crippen LogP contribution in [-0.2, 0) is 0 Å². The van der Waals surface area contributed by atoms with Gasteiger partial charge in [-0.2, -0.15) is 5.10 Å². The van der Waals surface area contributed by atoms with Crippen molar-refractivity contribution in [2.24, 2.45) is 0 Å². The Kier molecular flexibility index (Phi) is 4.06. The molecule has 2 heterocycles. The number of amides is 1. The number of H-pyrrole nitrogens is 1. The van der Waals surface area contributed by atoms with E-state index in [2.05, 4.69) is 10.2 Å². The molecule has 1 aliphatic rings. The van der Waals surface area contributed by atoms with Gasteiger partial charge in [0.2, 0.25) is 0 Å². The number of carbonyl (C=O) groups is 1. The van der Waals surface area contributed by atoms with E-state index in [1.165, 1.54) is 12.1 Å². The zero-order valence-electron chi connectivity index (χ0n) is 13.7. The Bertz CT molecular complexity index is 873. The Morgan fingerprint density at radius 1 is 1.12 bits per heavy atom. The molecule has 1 atom stereocenters. The summed E-state index contributed by atoms with van der Waals surface area (Å²) in [6, 6.07) is 16.3. The molecule has 1 fully saturated rings. The lowest BCUT2D eigenvalue weighted by atomic mass is 9.98. The highest BCUT2D eigenvalue weighted by atomic mass is 19.1. The number of aromatic nitrogens is 2. The fraction of sp³-hybridized carbons (Fsp3) is 0.200. The highest BCUT2D eigenvalue weighted by Crippen LogP contribution is 2.30. The van der Waals surface area contributed by atoms with Crippen molar-refractivity contribution < 1.29 is 9.18 Å². The van der Waals surface area contributed by atoms with Crippen molar-refractivity contribution in [1.82, 2.24) is 15.1 Å². The monoisotopic (exact) mass is 335 g/mol. The predicted molar refractivity (Wildman–Crippen MR) is 93.7 cm³/mol. The summed E-state index contributed by atoms with van der Waals surface area (Å²) in [6.45, 7) is 1.34. The van der Waals surface area contributed by atoms with Gasteiger partial charge in [0, 0.05) is 24.6 Å². The molecule has 126 valence electrons. The average molecular weight is 335 g/mol. The first-order valence-electron chi connectivity index (χ1n) is 8.36. The van der Waals surface area contributed by atoms with E-state index >= 15 is 0 Å². The van der Waals surface area contributed by atoms with Crippen LogP contribution < -0.4 is 0 Å². The number of halogens is 1. The molecule has 1 saturated heterocycles. The molecule has 0 saturated carbocycles. The van der Waals surface area contributed by atoms with Crippen LogP contribution in [0.3, 0.4) is 0 Å². The standard InChI is InChI=1S/C20H18FN3O/c21-17-8-6-14(7-9-17)16-10-11-24(13-16)20(25)18-12-22-23-19(18)15-4-2-1-3-5-15/h1-9,12,16H,10-11,13H2,(H,22,23). The molecule has 0 spiro atoms. The van der Waals surface area contributed by atoms with Gasteiger partial charge >= 0.3 is 0 Å².